The molecule has 7 nitrogen and oxygen atoms in total. The SMILES string of the molecule is COC(=O)c1ccc(NC(=O)C(C)n2nc(-c3ccc(C)cc3)ccc2=O)cc1. The molecule has 29 heavy (non-hydrogen) atoms. The number of benzene rings is 2. The first-order valence-corrected chi connectivity index (χ1v) is 9.05. The Labute approximate surface area is 168 Å². The molecule has 3 rings (SSSR count). The molecule has 1 aromatic heterocycles. The Morgan fingerprint density at radius 1 is 1.00 bits per heavy atom. The quantitative estimate of drug-likeness (QED) is 0.675. The monoisotopic (exact) mass is 391 g/mol. The molecule has 1 unspecified atom stereocenters. The number of ether oxygens (including phenoxy) is 1. The highest BCUT2D eigenvalue weighted by molar-refractivity contribution is 5.94. The van der Waals surface area contributed by atoms with Crippen molar-refractivity contribution in [2.24, 2.45) is 0 Å². The largest absolute Gasteiger partial charge is 0.465 e. The normalized spacial score (nSPS) is 11.6. The van der Waals surface area contributed by atoms with Crippen molar-refractivity contribution in [3.05, 3.63) is 82.1 Å². The van der Waals surface area contributed by atoms with Gasteiger partial charge in [0.05, 0.1) is 18.4 Å². The number of carbonyl (C=O) groups excluding carboxylic acids is 2. The van der Waals surface area contributed by atoms with Crippen molar-refractivity contribution in [2.75, 3.05) is 12.4 Å². The summed E-state index contributed by atoms with van der Waals surface area (Å²) >= 11 is 0. The third-order valence-electron chi connectivity index (χ3n) is 4.49. The van der Waals surface area contributed by atoms with Gasteiger partial charge in [-0.2, -0.15) is 5.10 Å². The summed E-state index contributed by atoms with van der Waals surface area (Å²) < 4.78 is 5.81. The fourth-order valence-corrected chi connectivity index (χ4v) is 2.75. The Kier molecular flexibility index (Phi) is 5.87. The number of aryl methyl sites for hydroxylation is 1. The molecule has 1 heterocycles. The van der Waals surface area contributed by atoms with Gasteiger partial charge in [-0.3, -0.25) is 9.59 Å². The lowest BCUT2D eigenvalue weighted by molar-refractivity contribution is -0.119. The van der Waals surface area contributed by atoms with Crippen molar-refractivity contribution in [3.63, 3.8) is 0 Å². The van der Waals surface area contributed by atoms with E-state index >= 15 is 0 Å². The van der Waals surface area contributed by atoms with Gasteiger partial charge in [0, 0.05) is 17.3 Å². The molecule has 1 amide bonds. The lowest BCUT2D eigenvalue weighted by atomic mass is 10.1. The molecule has 0 radical (unpaired) electrons. The zero-order chi connectivity index (χ0) is 21.0. The second kappa shape index (κ2) is 8.52. The molecule has 0 aliphatic carbocycles. The van der Waals surface area contributed by atoms with Gasteiger partial charge in [-0.15, -0.1) is 0 Å². The first-order chi connectivity index (χ1) is 13.9. The number of hydrogen-bond acceptors (Lipinski definition) is 5. The van der Waals surface area contributed by atoms with Gasteiger partial charge in [0.25, 0.3) is 5.56 Å². The van der Waals surface area contributed by atoms with Crippen molar-refractivity contribution in [1.82, 2.24) is 9.78 Å². The number of rotatable bonds is 5. The molecule has 2 aromatic carbocycles. The third-order valence-corrected chi connectivity index (χ3v) is 4.49. The predicted molar refractivity (Wildman–Crippen MR) is 110 cm³/mol. The minimum atomic E-state index is -0.826. The standard InChI is InChI=1S/C22H21N3O4/c1-14-4-6-16(7-5-14)19-12-13-20(26)25(24-19)15(2)21(27)23-18-10-8-17(9-11-18)22(28)29-3/h4-13,15H,1-3H3,(H,23,27). The van der Waals surface area contributed by atoms with Gasteiger partial charge in [-0.05, 0) is 44.2 Å². The van der Waals surface area contributed by atoms with E-state index in [1.807, 2.05) is 31.2 Å². The molecule has 0 saturated heterocycles. The van der Waals surface area contributed by atoms with E-state index in [2.05, 4.69) is 15.2 Å². The average Bonchev–Trinajstić information content (AvgIpc) is 2.74. The smallest absolute Gasteiger partial charge is 0.337 e. The van der Waals surface area contributed by atoms with Crippen LogP contribution in [0.3, 0.4) is 0 Å². The Morgan fingerprint density at radius 3 is 2.28 bits per heavy atom. The van der Waals surface area contributed by atoms with Crippen LogP contribution in [0.1, 0.15) is 28.9 Å². The number of anilines is 1. The Balaban J connectivity index is 1.80. The second-order valence-corrected chi connectivity index (χ2v) is 6.60. The summed E-state index contributed by atoms with van der Waals surface area (Å²) in [6.07, 6.45) is 0. The third kappa shape index (κ3) is 4.57. The van der Waals surface area contributed by atoms with Gasteiger partial charge in [0.15, 0.2) is 0 Å². The Hall–Kier alpha value is -3.74. The number of nitrogens with one attached hydrogen (secondary N) is 1. The number of aromatic nitrogens is 2. The van der Waals surface area contributed by atoms with E-state index in [9.17, 15) is 14.4 Å². The highest BCUT2D eigenvalue weighted by Crippen LogP contribution is 2.17. The zero-order valence-electron chi connectivity index (χ0n) is 16.4. The Morgan fingerprint density at radius 2 is 1.66 bits per heavy atom. The molecule has 0 fully saturated rings. The number of nitrogens with zero attached hydrogens (tertiary/aromatic N) is 2. The van der Waals surface area contributed by atoms with Crippen molar-refractivity contribution in [2.45, 2.75) is 19.9 Å². The van der Waals surface area contributed by atoms with Gasteiger partial charge >= 0.3 is 5.97 Å². The fraction of sp³-hybridized carbons (Fsp3) is 0.182. The maximum absolute atomic E-state index is 12.6. The maximum Gasteiger partial charge on any atom is 0.337 e. The van der Waals surface area contributed by atoms with E-state index in [4.69, 9.17) is 0 Å². The average molecular weight is 391 g/mol. The second-order valence-electron chi connectivity index (χ2n) is 6.60. The lowest BCUT2D eigenvalue weighted by Crippen LogP contribution is -2.33. The molecule has 7 heteroatoms. The summed E-state index contributed by atoms with van der Waals surface area (Å²) in [5, 5.41) is 7.09. The molecular weight excluding hydrogens is 370 g/mol. The summed E-state index contributed by atoms with van der Waals surface area (Å²) in [5.74, 6) is -0.855. The van der Waals surface area contributed by atoms with Crippen LogP contribution in [0.25, 0.3) is 11.3 Å². The zero-order valence-corrected chi connectivity index (χ0v) is 16.4. The summed E-state index contributed by atoms with van der Waals surface area (Å²) in [7, 11) is 1.30. The molecule has 0 aliphatic heterocycles. The summed E-state index contributed by atoms with van der Waals surface area (Å²) in [5.41, 5.74) is 3.08. The van der Waals surface area contributed by atoms with Crippen molar-refractivity contribution < 1.29 is 14.3 Å². The summed E-state index contributed by atoms with van der Waals surface area (Å²) in [6.45, 7) is 3.59. The van der Waals surface area contributed by atoms with Crippen LogP contribution >= 0.6 is 0 Å². The number of amides is 1. The van der Waals surface area contributed by atoms with Crippen LogP contribution in [0.2, 0.25) is 0 Å². The van der Waals surface area contributed by atoms with Crippen molar-refractivity contribution in [3.8, 4) is 11.3 Å². The predicted octanol–water partition coefficient (Wildman–Crippen LogP) is 3.21. The van der Waals surface area contributed by atoms with Gasteiger partial charge in [-0.25, -0.2) is 9.48 Å². The topological polar surface area (TPSA) is 90.3 Å². The summed E-state index contributed by atoms with van der Waals surface area (Å²) in [4.78, 5) is 36.4. The molecule has 1 atom stereocenters. The lowest BCUT2D eigenvalue weighted by Gasteiger charge is -2.15. The molecule has 3 aromatic rings. The van der Waals surface area contributed by atoms with E-state index in [-0.39, 0.29) is 5.56 Å². The summed E-state index contributed by atoms with van der Waals surface area (Å²) in [6, 6.07) is 16.3. The van der Waals surface area contributed by atoms with Crippen LogP contribution < -0.4 is 10.9 Å². The van der Waals surface area contributed by atoms with Crippen LogP contribution in [-0.4, -0.2) is 28.8 Å². The van der Waals surface area contributed by atoms with Crippen LogP contribution in [0.4, 0.5) is 5.69 Å². The van der Waals surface area contributed by atoms with Gasteiger partial charge in [-0.1, -0.05) is 29.8 Å². The van der Waals surface area contributed by atoms with Gasteiger partial charge in [0.1, 0.15) is 6.04 Å². The van der Waals surface area contributed by atoms with E-state index in [1.165, 1.54) is 13.2 Å². The molecule has 0 aliphatic rings. The minimum Gasteiger partial charge on any atom is -0.465 e. The van der Waals surface area contributed by atoms with Gasteiger partial charge in [0.2, 0.25) is 5.91 Å². The number of esters is 1. The molecule has 0 bridgehead atoms. The van der Waals surface area contributed by atoms with Crippen LogP contribution in [0.15, 0.2) is 65.5 Å². The van der Waals surface area contributed by atoms with E-state index in [0.29, 0.717) is 16.9 Å². The molecule has 148 valence electrons. The van der Waals surface area contributed by atoms with E-state index < -0.39 is 17.9 Å². The van der Waals surface area contributed by atoms with Crippen molar-refractivity contribution in [1.29, 1.82) is 0 Å². The number of carbonyl (C=O) groups is 2. The molecular formula is C22H21N3O4. The number of hydrogen-bond donors (Lipinski definition) is 1. The fourth-order valence-electron chi connectivity index (χ4n) is 2.75. The molecule has 0 saturated carbocycles. The minimum absolute atomic E-state index is 0.371. The van der Waals surface area contributed by atoms with E-state index in [1.54, 1.807) is 37.3 Å². The van der Waals surface area contributed by atoms with Crippen LogP contribution in [0, 0.1) is 6.92 Å². The molecule has 0 spiro atoms. The maximum atomic E-state index is 12.6. The molecule has 1 N–H and O–H groups in total. The Bertz CT molecular complexity index is 1090. The van der Waals surface area contributed by atoms with Crippen LogP contribution in [-0.2, 0) is 9.53 Å². The highest BCUT2D eigenvalue weighted by Gasteiger charge is 2.18. The van der Waals surface area contributed by atoms with E-state index in [0.717, 1.165) is 15.8 Å². The first kappa shape index (κ1) is 20.0. The van der Waals surface area contributed by atoms with Crippen molar-refractivity contribution >= 4 is 17.6 Å². The van der Waals surface area contributed by atoms with Crippen LogP contribution in [0.5, 0.6) is 0 Å². The highest BCUT2D eigenvalue weighted by atomic mass is 16.5. The number of methoxy groups -OCH3 is 1. The first-order valence-electron chi connectivity index (χ1n) is 9.05. The van der Waals surface area contributed by atoms with Gasteiger partial charge < -0.3 is 10.1 Å².